The summed E-state index contributed by atoms with van der Waals surface area (Å²) in [6.07, 6.45) is 3.05. The number of esters is 1. The van der Waals surface area contributed by atoms with Crippen LogP contribution >= 0.6 is 0 Å². The molecule has 0 aliphatic heterocycles. The van der Waals surface area contributed by atoms with Gasteiger partial charge in [-0.1, -0.05) is 51.1 Å². The van der Waals surface area contributed by atoms with E-state index in [-0.39, 0.29) is 16.9 Å². The first-order valence-electron chi connectivity index (χ1n) is 10.3. The third-order valence-corrected chi connectivity index (χ3v) is 4.08. The largest absolute Gasteiger partial charge is 0.465 e. The van der Waals surface area contributed by atoms with E-state index < -0.39 is 5.97 Å². The molecule has 0 saturated carbocycles. The maximum absolute atomic E-state index is 12.4. The Hall–Kier alpha value is -4.07. The number of H-pyrrole nitrogens is 1. The number of aromatic nitrogens is 4. The molecule has 8 heteroatoms. The second kappa shape index (κ2) is 11.9. The molecule has 0 spiro atoms. The highest BCUT2D eigenvalue weighted by Crippen LogP contribution is 2.24. The van der Waals surface area contributed by atoms with Crippen molar-refractivity contribution in [3.63, 3.8) is 0 Å². The lowest BCUT2D eigenvalue weighted by molar-refractivity contribution is 0.0600. The summed E-state index contributed by atoms with van der Waals surface area (Å²) in [6, 6.07) is 13.7. The second-order valence-corrected chi connectivity index (χ2v) is 5.83. The van der Waals surface area contributed by atoms with Crippen molar-refractivity contribution in [3.8, 4) is 34.1 Å². The fraction of sp³-hybridized carbons (Fsp3) is 0.208. The fourth-order valence-corrected chi connectivity index (χ4v) is 2.64. The minimum absolute atomic E-state index is 0.254. The summed E-state index contributed by atoms with van der Waals surface area (Å²) in [5.41, 5.74) is 2.15. The number of hydrogen-bond acceptors (Lipinski definition) is 7. The van der Waals surface area contributed by atoms with Crippen LogP contribution in [0.5, 0.6) is 0 Å². The molecule has 0 unspecified atom stereocenters. The normalized spacial score (nSPS) is 9.66. The van der Waals surface area contributed by atoms with E-state index in [0.717, 1.165) is 5.56 Å². The molecule has 0 radical (unpaired) electrons. The van der Waals surface area contributed by atoms with Gasteiger partial charge in [0.25, 0.3) is 5.56 Å². The molecule has 0 saturated heterocycles. The van der Waals surface area contributed by atoms with E-state index in [0.29, 0.717) is 22.8 Å². The number of carbonyl (C=O) groups is 1. The molecule has 0 atom stereocenters. The molecule has 1 N–H and O–H groups in total. The molecule has 32 heavy (non-hydrogen) atoms. The first-order valence-corrected chi connectivity index (χ1v) is 10.3. The van der Waals surface area contributed by atoms with Crippen LogP contribution in [0.15, 0.2) is 70.2 Å². The highest BCUT2D eigenvalue weighted by atomic mass is 16.5. The monoisotopic (exact) mass is 434 g/mol. The van der Waals surface area contributed by atoms with Crippen LogP contribution in [0.3, 0.4) is 0 Å². The number of benzene rings is 1. The summed E-state index contributed by atoms with van der Waals surface area (Å²) in [5.74, 6) is 0.235. The van der Waals surface area contributed by atoms with Crippen LogP contribution < -0.4 is 5.56 Å². The van der Waals surface area contributed by atoms with Crippen molar-refractivity contribution >= 4 is 5.97 Å². The molecule has 0 aliphatic rings. The average Bonchev–Trinajstić information content (AvgIpc) is 3.36. The lowest BCUT2D eigenvalue weighted by Gasteiger charge is -2.00. The lowest BCUT2D eigenvalue weighted by atomic mass is 10.1. The van der Waals surface area contributed by atoms with Crippen molar-refractivity contribution in [3.05, 3.63) is 76.8 Å². The van der Waals surface area contributed by atoms with Gasteiger partial charge in [-0.15, -0.1) is 0 Å². The van der Waals surface area contributed by atoms with E-state index in [1.807, 2.05) is 33.8 Å². The summed E-state index contributed by atoms with van der Waals surface area (Å²) < 4.78 is 9.99. The zero-order valence-corrected chi connectivity index (χ0v) is 18.7. The quantitative estimate of drug-likeness (QED) is 0.450. The van der Waals surface area contributed by atoms with Gasteiger partial charge in [0.2, 0.25) is 0 Å². The van der Waals surface area contributed by atoms with E-state index >= 15 is 0 Å². The van der Waals surface area contributed by atoms with Crippen molar-refractivity contribution in [2.45, 2.75) is 27.7 Å². The predicted octanol–water partition coefficient (Wildman–Crippen LogP) is 4.99. The zero-order valence-electron chi connectivity index (χ0n) is 18.7. The summed E-state index contributed by atoms with van der Waals surface area (Å²) in [5, 5.41) is 4.00. The number of aromatic amines is 1. The van der Waals surface area contributed by atoms with Crippen molar-refractivity contribution in [1.82, 2.24) is 20.1 Å². The highest BCUT2D eigenvalue weighted by molar-refractivity contribution is 5.89. The first kappa shape index (κ1) is 24.2. The van der Waals surface area contributed by atoms with Gasteiger partial charge in [-0.2, -0.15) is 0 Å². The molecule has 0 fully saturated rings. The molecule has 0 amide bonds. The second-order valence-electron chi connectivity index (χ2n) is 5.83. The van der Waals surface area contributed by atoms with Crippen LogP contribution in [0.4, 0.5) is 0 Å². The number of pyridine rings is 1. The Morgan fingerprint density at radius 2 is 1.69 bits per heavy atom. The van der Waals surface area contributed by atoms with E-state index in [1.54, 1.807) is 48.7 Å². The lowest BCUT2D eigenvalue weighted by Crippen LogP contribution is -2.11. The van der Waals surface area contributed by atoms with Crippen molar-refractivity contribution < 1.29 is 14.1 Å². The molecular weight excluding hydrogens is 408 g/mol. The molecular formula is C24H26N4O4. The third-order valence-electron chi connectivity index (χ3n) is 4.08. The van der Waals surface area contributed by atoms with Crippen LogP contribution in [0, 0.1) is 0 Å². The van der Waals surface area contributed by atoms with Crippen molar-refractivity contribution in [2.75, 3.05) is 7.11 Å². The van der Waals surface area contributed by atoms with Gasteiger partial charge in [0.15, 0.2) is 11.6 Å². The predicted molar refractivity (Wildman–Crippen MR) is 123 cm³/mol. The van der Waals surface area contributed by atoms with E-state index in [4.69, 9.17) is 4.52 Å². The number of hydrogen-bond donors (Lipinski definition) is 1. The van der Waals surface area contributed by atoms with Crippen molar-refractivity contribution in [2.24, 2.45) is 0 Å². The Morgan fingerprint density at radius 1 is 0.969 bits per heavy atom. The van der Waals surface area contributed by atoms with Gasteiger partial charge in [0.1, 0.15) is 17.0 Å². The number of nitrogens with one attached hydrogen (secondary N) is 1. The van der Waals surface area contributed by atoms with Gasteiger partial charge in [-0.3, -0.25) is 9.78 Å². The molecule has 8 nitrogen and oxygen atoms in total. The Balaban J connectivity index is 0.000000860. The van der Waals surface area contributed by atoms with E-state index in [1.165, 1.54) is 13.3 Å². The average molecular weight is 434 g/mol. The van der Waals surface area contributed by atoms with Gasteiger partial charge in [-0.05, 0) is 24.3 Å². The zero-order chi connectivity index (χ0) is 23.5. The third kappa shape index (κ3) is 5.54. The Morgan fingerprint density at radius 3 is 2.28 bits per heavy atom. The standard InChI is InChI=1S/C20H14N4O4.2C2H6/c1-27-20(26)13-7-5-12(6-8-13)16-10-17(28-24-16)14-11-22-18(23-19(14)25)15-4-2-3-9-21-15;2*1-2/h2-11H,1H3,(H,22,23,25);2*1-2H3. The SMILES string of the molecule is CC.CC.COC(=O)c1ccc(-c2cc(-c3cnc(-c4ccccn4)[nH]c3=O)on2)cc1. The van der Waals surface area contributed by atoms with Gasteiger partial charge in [0, 0.05) is 24.0 Å². The molecule has 4 aromatic rings. The minimum atomic E-state index is -0.419. The van der Waals surface area contributed by atoms with Crippen molar-refractivity contribution in [1.29, 1.82) is 0 Å². The molecule has 166 valence electrons. The Kier molecular flexibility index (Phi) is 9.04. The summed E-state index contributed by atoms with van der Waals surface area (Å²) in [6.45, 7) is 8.00. The van der Waals surface area contributed by atoms with Crippen LogP contribution in [-0.2, 0) is 4.74 Å². The summed E-state index contributed by atoms with van der Waals surface area (Å²) >= 11 is 0. The van der Waals surface area contributed by atoms with Gasteiger partial charge >= 0.3 is 5.97 Å². The summed E-state index contributed by atoms with van der Waals surface area (Å²) in [7, 11) is 1.32. The number of methoxy groups -OCH3 is 1. The van der Waals surface area contributed by atoms with Crippen LogP contribution in [0.25, 0.3) is 34.1 Å². The number of rotatable bonds is 4. The molecule has 0 bridgehead atoms. The molecule has 4 rings (SSSR count). The van der Waals surface area contributed by atoms with E-state index in [9.17, 15) is 9.59 Å². The number of ether oxygens (including phenoxy) is 1. The molecule has 3 heterocycles. The van der Waals surface area contributed by atoms with Gasteiger partial charge in [0.05, 0.1) is 12.7 Å². The highest BCUT2D eigenvalue weighted by Gasteiger charge is 2.14. The topological polar surface area (TPSA) is 111 Å². The Labute approximate surface area is 186 Å². The number of carbonyl (C=O) groups excluding carboxylic acids is 1. The van der Waals surface area contributed by atoms with E-state index in [2.05, 4.69) is 24.8 Å². The Bertz CT molecular complexity index is 1180. The maximum Gasteiger partial charge on any atom is 0.337 e. The first-order chi connectivity index (χ1) is 15.7. The van der Waals surface area contributed by atoms with Crippen LogP contribution in [0.2, 0.25) is 0 Å². The molecule has 3 aromatic heterocycles. The maximum atomic E-state index is 12.4. The summed E-state index contributed by atoms with van der Waals surface area (Å²) in [4.78, 5) is 35.1. The van der Waals surface area contributed by atoms with Crippen LogP contribution in [-0.4, -0.2) is 33.2 Å². The van der Waals surface area contributed by atoms with Gasteiger partial charge in [-0.25, -0.2) is 9.78 Å². The minimum Gasteiger partial charge on any atom is -0.465 e. The fourth-order valence-electron chi connectivity index (χ4n) is 2.64. The molecule has 0 aliphatic carbocycles. The smallest absolute Gasteiger partial charge is 0.337 e. The molecule has 1 aromatic carbocycles. The van der Waals surface area contributed by atoms with Gasteiger partial charge < -0.3 is 14.2 Å². The van der Waals surface area contributed by atoms with Crippen LogP contribution in [0.1, 0.15) is 38.1 Å². The number of nitrogens with zero attached hydrogens (tertiary/aromatic N) is 3.